The summed E-state index contributed by atoms with van der Waals surface area (Å²) in [4.78, 5) is 0. The van der Waals surface area contributed by atoms with E-state index in [4.69, 9.17) is 13.5 Å². The predicted octanol–water partition coefficient (Wildman–Crippen LogP) is 0.439. The van der Waals surface area contributed by atoms with E-state index in [1.807, 2.05) is 4.31 Å². The van der Waals surface area contributed by atoms with Crippen LogP contribution in [0.3, 0.4) is 0 Å². The minimum atomic E-state index is -4.47. The fourth-order valence-electron chi connectivity index (χ4n) is 9.80. The van der Waals surface area contributed by atoms with Gasteiger partial charge in [0, 0.05) is 11.1 Å². The Bertz CT molecular complexity index is 828. The summed E-state index contributed by atoms with van der Waals surface area (Å²) in [6.45, 7) is 0. The second-order valence-electron chi connectivity index (χ2n) is 11.6. The molecule has 0 heterocycles. The molecule has 8 bridgehead atoms. The van der Waals surface area contributed by atoms with Gasteiger partial charge in [0.05, 0.1) is 0 Å². The first-order valence-corrected chi connectivity index (χ1v) is 14.3. The van der Waals surface area contributed by atoms with E-state index in [0.29, 0.717) is 35.5 Å². The van der Waals surface area contributed by atoms with E-state index in [-0.39, 0.29) is 42.1 Å². The molecule has 0 aliphatic heterocycles. The van der Waals surface area contributed by atoms with Crippen LogP contribution in [0.15, 0.2) is 0 Å². The number of hydrogen-bond acceptors (Lipinski definition) is 5. The molecule has 1 atom stereocenters. The number of nitrogens with one attached hydrogen (secondary N) is 1. The van der Waals surface area contributed by atoms with Crippen LogP contribution in [0.5, 0.6) is 0 Å². The Morgan fingerprint density at radius 2 is 1.00 bits per heavy atom. The van der Waals surface area contributed by atoms with E-state index in [1.54, 1.807) is 0 Å². The average Bonchev–Trinajstić information content (AvgIpc) is 2.48. The number of hydrogen-bond donors (Lipinski definition) is 2. The molecule has 0 aromatic heterocycles. The van der Waals surface area contributed by atoms with E-state index in [1.165, 1.54) is 38.5 Å². The molecule has 7 nitrogen and oxygen atoms in total. The van der Waals surface area contributed by atoms with Crippen molar-refractivity contribution in [3.05, 3.63) is 0 Å². The van der Waals surface area contributed by atoms with Crippen molar-refractivity contribution in [1.29, 1.82) is 4.78 Å². The predicted molar refractivity (Wildman–Crippen MR) is 110 cm³/mol. The van der Waals surface area contributed by atoms with E-state index < -0.39 is 20.5 Å². The molecule has 8 aliphatic carbocycles. The minimum Gasteiger partial charge on any atom is -1.00 e. The van der Waals surface area contributed by atoms with Gasteiger partial charge in [-0.2, -0.15) is 12.7 Å². The summed E-state index contributed by atoms with van der Waals surface area (Å²) in [6, 6.07) is 0. The first-order chi connectivity index (χ1) is 13.5. The Kier molecular flexibility index (Phi) is 5.37. The largest absolute Gasteiger partial charge is 1.00 e. The van der Waals surface area contributed by atoms with Crippen LogP contribution in [0, 0.1) is 40.3 Å². The van der Waals surface area contributed by atoms with Crippen molar-refractivity contribution in [1.82, 2.24) is 4.31 Å². The smallest absolute Gasteiger partial charge is 1.00 e. The molecule has 0 radical (unpaired) electrons. The van der Waals surface area contributed by atoms with Crippen LogP contribution in [-0.2, 0) is 24.1 Å². The molecule has 0 aromatic rings. The molecular formula is C20H34N3NaO4S2. The van der Waals surface area contributed by atoms with Crippen LogP contribution >= 0.6 is 0 Å². The summed E-state index contributed by atoms with van der Waals surface area (Å²) < 4.78 is 53.1. The number of nitrogens with two attached hydrogens (primary N) is 1. The van der Waals surface area contributed by atoms with Gasteiger partial charge in [-0.3, -0.25) is 0 Å². The number of nitrogens with zero attached hydrogens (tertiary/aromatic N) is 1. The summed E-state index contributed by atoms with van der Waals surface area (Å²) in [5, 5.41) is 5.17. The molecule has 1 unspecified atom stereocenters. The zero-order chi connectivity index (χ0) is 20.2. The third-order valence-electron chi connectivity index (χ3n) is 9.30. The maximum atomic E-state index is 13.8. The van der Waals surface area contributed by atoms with Gasteiger partial charge in [-0.05, 0) is 113 Å². The van der Waals surface area contributed by atoms with Crippen molar-refractivity contribution in [2.75, 3.05) is 0 Å². The molecule has 8 saturated carbocycles. The van der Waals surface area contributed by atoms with Crippen molar-refractivity contribution >= 4 is 20.5 Å². The van der Waals surface area contributed by atoms with Gasteiger partial charge in [0.1, 0.15) is 0 Å². The van der Waals surface area contributed by atoms with Crippen LogP contribution in [0.4, 0.5) is 0 Å². The van der Waals surface area contributed by atoms with Crippen molar-refractivity contribution in [3.63, 3.8) is 0 Å². The molecule has 166 valence electrons. The Hall–Kier alpha value is 0.780. The van der Waals surface area contributed by atoms with Crippen LogP contribution < -0.4 is 34.7 Å². The standard InChI is InChI=1S/C20H33N3O4S2.Na.H/c21-28(24,27-29(22,25)26)23(19-7-13-1-14(8-19)3-15(2-13)9-19)20-10-16-4-17(11-20)6-18(5-16)12-20;;/h13-18,21H,1-12H2,(H2,22,25,26);;/q;+1;-1. The molecule has 0 amide bonds. The summed E-state index contributed by atoms with van der Waals surface area (Å²) in [5.41, 5.74) is -0.714. The number of rotatable bonds is 5. The quantitative estimate of drug-likeness (QED) is 0.571. The van der Waals surface area contributed by atoms with Crippen molar-refractivity contribution in [3.8, 4) is 0 Å². The van der Waals surface area contributed by atoms with Crippen molar-refractivity contribution < 1.29 is 47.2 Å². The minimum absolute atomic E-state index is 0. The molecule has 8 aliphatic rings. The zero-order valence-electron chi connectivity index (χ0n) is 18.9. The van der Waals surface area contributed by atoms with E-state index >= 15 is 0 Å². The summed E-state index contributed by atoms with van der Waals surface area (Å²) in [6.07, 6.45) is 13.0. The molecule has 3 N–H and O–H groups in total. The molecule has 30 heavy (non-hydrogen) atoms. The molecule has 0 saturated heterocycles. The third kappa shape index (κ3) is 3.58. The molecule has 0 spiro atoms. The molecule has 0 aromatic carbocycles. The van der Waals surface area contributed by atoms with E-state index in [0.717, 1.165) is 38.5 Å². The second kappa shape index (κ2) is 7.14. The summed E-state index contributed by atoms with van der Waals surface area (Å²) >= 11 is 0. The fraction of sp³-hybridized carbons (Fsp3) is 1.00. The van der Waals surface area contributed by atoms with Crippen LogP contribution in [0.25, 0.3) is 0 Å². The summed E-state index contributed by atoms with van der Waals surface area (Å²) in [5.74, 6) is 3.68. The monoisotopic (exact) mass is 467 g/mol. The van der Waals surface area contributed by atoms with Crippen molar-refractivity contribution in [2.24, 2.45) is 40.6 Å². The summed E-state index contributed by atoms with van der Waals surface area (Å²) in [7, 11) is -8.46. The second-order valence-corrected chi connectivity index (χ2v) is 14.5. The Morgan fingerprint density at radius 3 is 1.23 bits per heavy atom. The Labute approximate surface area is 204 Å². The van der Waals surface area contributed by atoms with E-state index in [2.05, 4.69) is 0 Å². The zero-order valence-corrected chi connectivity index (χ0v) is 21.6. The van der Waals surface area contributed by atoms with Crippen LogP contribution in [0.2, 0.25) is 0 Å². The maximum Gasteiger partial charge on any atom is 1.00 e. The van der Waals surface area contributed by atoms with Gasteiger partial charge in [0.2, 0.25) is 10.2 Å². The molecular weight excluding hydrogens is 433 g/mol. The van der Waals surface area contributed by atoms with E-state index in [9.17, 15) is 12.6 Å². The topological polar surface area (TPSA) is 114 Å². The molecule has 10 heteroatoms. The normalized spacial score (nSPS) is 50.5. The van der Waals surface area contributed by atoms with Gasteiger partial charge < -0.3 is 1.43 Å². The SMILES string of the molecule is N=S(=O)(OS(N)(=O)=O)N(C12CC3CC(CC(C3)C1)C2)C12CC3CC(CC(C3)C1)C2.[H-].[Na+]. The van der Waals surface area contributed by atoms with Gasteiger partial charge in [-0.1, -0.05) is 0 Å². The first kappa shape index (κ1) is 22.6. The fourth-order valence-corrected chi connectivity index (χ4v) is 12.5. The molecule has 8 rings (SSSR count). The van der Waals surface area contributed by atoms with Gasteiger partial charge >= 0.3 is 39.9 Å². The average molecular weight is 468 g/mol. The van der Waals surface area contributed by atoms with Crippen LogP contribution in [0.1, 0.15) is 78.5 Å². The van der Waals surface area contributed by atoms with Gasteiger partial charge in [0.25, 0.3) is 0 Å². The van der Waals surface area contributed by atoms with Crippen LogP contribution in [-0.4, -0.2) is 28.0 Å². The maximum absolute atomic E-state index is 13.8. The molecule has 8 fully saturated rings. The Balaban J connectivity index is 0.00000116. The van der Waals surface area contributed by atoms with Crippen molar-refractivity contribution in [2.45, 2.75) is 88.1 Å². The third-order valence-corrected chi connectivity index (χ3v) is 12.1. The first-order valence-electron chi connectivity index (χ1n) is 11.4. The van der Waals surface area contributed by atoms with Gasteiger partial charge in [-0.25, -0.2) is 14.1 Å². The Morgan fingerprint density at radius 1 is 0.733 bits per heavy atom. The van der Waals surface area contributed by atoms with Gasteiger partial charge in [-0.15, -0.1) is 3.63 Å². The van der Waals surface area contributed by atoms with Gasteiger partial charge in [0.15, 0.2) is 0 Å².